The van der Waals surface area contributed by atoms with E-state index >= 15 is 0 Å². The molecule has 1 fully saturated rings. The summed E-state index contributed by atoms with van der Waals surface area (Å²) >= 11 is 0. The first-order chi connectivity index (χ1) is 15.7. The number of aromatic nitrogens is 1. The predicted octanol–water partition coefficient (Wildman–Crippen LogP) is 4.60. The van der Waals surface area contributed by atoms with E-state index in [2.05, 4.69) is 15.6 Å². The molecule has 0 spiro atoms. The molecule has 0 radical (unpaired) electrons. The minimum Gasteiger partial charge on any atom is -0.349 e. The van der Waals surface area contributed by atoms with E-state index in [4.69, 9.17) is 0 Å². The number of nitrogens with zero attached hydrogens (tertiary/aromatic N) is 1. The van der Waals surface area contributed by atoms with E-state index in [0.29, 0.717) is 16.8 Å². The molecule has 3 aromatic rings. The average molecular weight is 453 g/mol. The highest BCUT2D eigenvalue weighted by molar-refractivity contribution is 5.96. The van der Waals surface area contributed by atoms with Crippen LogP contribution < -0.4 is 10.6 Å². The number of benzene rings is 2. The van der Waals surface area contributed by atoms with Crippen LogP contribution in [0.3, 0.4) is 0 Å². The van der Waals surface area contributed by atoms with E-state index in [9.17, 15) is 22.8 Å². The Labute approximate surface area is 189 Å². The average Bonchev–Trinajstić information content (AvgIpc) is 3.62. The molecular formula is C25H22F3N3O2. The topological polar surface area (TPSA) is 71.1 Å². The van der Waals surface area contributed by atoms with Crippen molar-refractivity contribution in [2.75, 3.05) is 0 Å². The van der Waals surface area contributed by atoms with Gasteiger partial charge < -0.3 is 10.6 Å². The van der Waals surface area contributed by atoms with Crippen LogP contribution in [0.2, 0.25) is 0 Å². The molecule has 0 bridgehead atoms. The van der Waals surface area contributed by atoms with Gasteiger partial charge in [0, 0.05) is 35.5 Å². The third kappa shape index (κ3) is 4.89. The highest BCUT2D eigenvalue weighted by Crippen LogP contribution is 2.27. The molecule has 1 heterocycles. The number of rotatable bonds is 6. The zero-order valence-corrected chi connectivity index (χ0v) is 18.1. The molecule has 8 heteroatoms. The molecule has 1 aliphatic rings. The van der Waals surface area contributed by atoms with Crippen molar-refractivity contribution < 1.29 is 22.8 Å². The molecule has 0 saturated heterocycles. The molecule has 5 nitrogen and oxygen atoms in total. The SMILES string of the molecule is Cc1ccc(CNC(=O)c2ccc(-c3cc(C(=O)NC4CC4)cc(F)c3C)nc2)c(F)c1F. The number of aryl methyl sites for hydroxylation is 1. The molecule has 33 heavy (non-hydrogen) atoms. The summed E-state index contributed by atoms with van der Waals surface area (Å²) in [5, 5.41) is 5.36. The van der Waals surface area contributed by atoms with E-state index in [0.717, 1.165) is 12.8 Å². The fraction of sp³-hybridized carbons (Fsp3) is 0.240. The number of halogens is 3. The van der Waals surface area contributed by atoms with Crippen molar-refractivity contribution in [2.45, 2.75) is 39.3 Å². The number of hydrogen-bond donors (Lipinski definition) is 2. The molecule has 2 amide bonds. The number of amides is 2. The lowest BCUT2D eigenvalue weighted by Crippen LogP contribution is -2.25. The molecule has 0 unspecified atom stereocenters. The summed E-state index contributed by atoms with van der Waals surface area (Å²) in [6, 6.07) is 8.82. The maximum atomic E-state index is 14.5. The normalized spacial score (nSPS) is 13.0. The van der Waals surface area contributed by atoms with Gasteiger partial charge in [-0.25, -0.2) is 13.2 Å². The molecule has 0 aliphatic heterocycles. The lowest BCUT2D eigenvalue weighted by Gasteiger charge is -2.11. The first-order valence-corrected chi connectivity index (χ1v) is 10.5. The van der Waals surface area contributed by atoms with Gasteiger partial charge in [-0.3, -0.25) is 14.6 Å². The molecule has 170 valence electrons. The number of carbonyl (C=O) groups is 2. The first kappa shape index (κ1) is 22.5. The van der Waals surface area contributed by atoms with Crippen LogP contribution in [0.4, 0.5) is 13.2 Å². The Kier molecular flexibility index (Phi) is 6.18. The van der Waals surface area contributed by atoms with Crippen molar-refractivity contribution >= 4 is 11.8 Å². The maximum Gasteiger partial charge on any atom is 0.253 e. The van der Waals surface area contributed by atoms with Gasteiger partial charge >= 0.3 is 0 Å². The second kappa shape index (κ2) is 9.05. The smallest absolute Gasteiger partial charge is 0.253 e. The van der Waals surface area contributed by atoms with Crippen LogP contribution in [0, 0.1) is 31.3 Å². The Morgan fingerprint density at radius 3 is 2.39 bits per heavy atom. The van der Waals surface area contributed by atoms with Crippen LogP contribution in [0.15, 0.2) is 42.6 Å². The highest BCUT2D eigenvalue weighted by Gasteiger charge is 2.25. The molecule has 1 saturated carbocycles. The Morgan fingerprint density at radius 1 is 0.970 bits per heavy atom. The molecule has 1 aromatic heterocycles. The second-order valence-corrected chi connectivity index (χ2v) is 8.16. The summed E-state index contributed by atoms with van der Waals surface area (Å²) in [4.78, 5) is 29.0. The lowest BCUT2D eigenvalue weighted by molar-refractivity contribution is 0.0942. The van der Waals surface area contributed by atoms with Crippen LogP contribution in [-0.2, 0) is 6.54 Å². The fourth-order valence-electron chi connectivity index (χ4n) is 3.36. The minimum atomic E-state index is -0.994. The van der Waals surface area contributed by atoms with Crippen molar-refractivity contribution in [3.8, 4) is 11.3 Å². The van der Waals surface area contributed by atoms with Gasteiger partial charge in [0.1, 0.15) is 5.82 Å². The van der Waals surface area contributed by atoms with Crippen LogP contribution in [0.25, 0.3) is 11.3 Å². The van der Waals surface area contributed by atoms with E-state index in [1.165, 1.54) is 37.4 Å². The highest BCUT2D eigenvalue weighted by atomic mass is 19.2. The fourth-order valence-corrected chi connectivity index (χ4v) is 3.36. The summed E-state index contributed by atoms with van der Waals surface area (Å²) in [5.41, 5.74) is 1.80. The maximum absolute atomic E-state index is 14.5. The van der Waals surface area contributed by atoms with Gasteiger partial charge in [0.2, 0.25) is 0 Å². The summed E-state index contributed by atoms with van der Waals surface area (Å²) in [6.45, 7) is 2.85. The van der Waals surface area contributed by atoms with Gasteiger partial charge in [-0.05, 0) is 62.1 Å². The minimum absolute atomic E-state index is 0.0309. The zero-order valence-electron chi connectivity index (χ0n) is 18.1. The van der Waals surface area contributed by atoms with Crippen molar-refractivity contribution in [3.05, 3.63) is 87.9 Å². The quantitative estimate of drug-likeness (QED) is 0.573. The summed E-state index contributed by atoms with van der Waals surface area (Å²) in [6.07, 6.45) is 3.15. The standard InChI is InChI=1S/C25H22F3N3O2/c1-13-3-4-15(23(28)22(13)27)11-30-24(32)16-5-8-21(29-12-16)19-9-17(10-20(26)14(19)2)25(33)31-18-6-7-18/h3-5,8-10,12,18H,6-7,11H2,1-2H3,(H,30,32)(H,31,33). The first-order valence-electron chi connectivity index (χ1n) is 10.5. The summed E-state index contributed by atoms with van der Waals surface area (Å²) in [5.74, 6) is -3.32. The predicted molar refractivity (Wildman–Crippen MR) is 117 cm³/mol. The third-order valence-corrected chi connectivity index (χ3v) is 5.62. The van der Waals surface area contributed by atoms with E-state index in [-0.39, 0.29) is 40.7 Å². The molecule has 4 rings (SSSR count). The van der Waals surface area contributed by atoms with Crippen molar-refractivity contribution in [1.82, 2.24) is 15.6 Å². The Morgan fingerprint density at radius 2 is 1.73 bits per heavy atom. The zero-order chi connectivity index (χ0) is 23.7. The van der Waals surface area contributed by atoms with Crippen LogP contribution in [0.1, 0.15) is 50.2 Å². The number of pyridine rings is 1. The molecule has 2 aromatic carbocycles. The number of hydrogen-bond acceptors (Lipinski definition) is 3. The van der Waals surface area contributed by atoms with Gasteiger partial charge in [-0.2, -0.15) is 0 Å². The number of nitrogens with one attached hydrogen (secondary N) is 2. The molecular weight excluding hydrogens is 431 g/mol. The molecule has 1 aliphatic carbocycles. The van der Waals surface area contributed by atoms with Gasteiger partial charge in [0.05, 0.1) is 11.3 Å². The van der Waals surface area contributed by atoms with Crippen LogP contribution in [0.5, 0.6) is 0 Å². The summed E-state index contributed by atoms with van der Waals surface area (Å²) in [7, 11) is 0. The third-order valence-electron chi connectivity index (χ3n) is 5.62. The molecule has 2 N–H and O–H groups in total. The van der Waals surface area contributed by atoms with Gasteiger partial charge in [0.25, 0.3) is 11.8 Å². The lowest BCUT2D eigenvalue weighted by atomic mass is 10.00. The van der Waals surface area contributed by atoms with Crippen LogP contribution in [-0.4, -0.2) is 22.8 Å². The van der Waals surface area contributed by atoms with Crippen molar-refractivity contribution in [3.63, 3.8) is 0 Å². The largest absolute Gasteiger partial charge is 0.349 e. The Hall–Kier alpha value is -3.68. The molecule has 0 atom stereocenters. The Balaban J connectivity index is 1.50. The van der Waals surface area contributed by atoms with E-state index in [1.54, 1.807) is 19.1 Å². The van der Waals surface area contributed by atoms with E-state index in [1.807, 2.05) is 0 Å². The van der Waals surface area contributed by atoms with Crippen molar-refractivity contribution in [1.29, 1.82) is 0 Å². The van der Waals surface area contributed by atoms with Crippen LogP contribution >= 0.6 is 0 Å². The van der Waals surface area contributed by atoms with E-state index < -0.39 is 23.4 Å². The number of carbonyl (C=O) groups excluding carboxylic acids is 2. The van der Waals surface area contributed by atoms with Crippen molar-refractivity contribution in [2.24, 2.45) is 0 Å². The van der Waals surface area contributed by atoms with Gasteiger partial charge in [-0.1, -0.05) is 12.1 Å². The van der Waals surface area contributed by atoms with Gasteiger partial charge in [0.15, 0.2) is 11.6 Å². The second-order valence-electron chi connectivity index (χ2n) is 8.16. The monoisotopic (exact) mass is 453 g/mol. The summed E-state index contributed by atoms with van der Waals surface area (Å²) < 4.78 is 42.2. The van der Waals surface area contributed by atoms with Gasteiger partial charge in [-0.15, -0.1) is 0 Å². The Bertz CT molecular complexity index is 1240.